The van der Waals surface area contributed by atoms with Crippen molar-refractivity contribution < 1.29 is 4.74 Å². The fraction of sp³-hybridized carbons (Fsp3) is 0.167. The van der Waals surface area contributed by atoms with Gasteiger partial charge in [0.1, 0.15) is 18.2 Å². The van der Waals surface area contributed by atoms with Crippen molar-refractivity contribution in [1.82, 2.24) is 9.97 Å². The van der Waals surface area contributed by atoms with E-state index in [2.05, 4.69) is 31.2 Å². The van der Waals surface area contributed by atoms with Crippen LogP contribution in [0.5, 0.6) is 5.75 Å². The topological polar surface area (TPSA) is 47.0 Å². The molecule has 0 amide bonds. The van der Waals surface area contributed by atoms with Crippen molar-refractivity contribution in [3.63, 3.8) is 0 Å². The van der Waals surface area contributed by atoms with Gasteiger partial charge in [-0.25, -0.2) is 4.98 Å². The van der Waals surface area contributed by atoms with Gasteiger partial charge in [0.25, 0.3) is 0 Å². The SMILES string of the molecule is CNc1cnc(COc2cccc(Br)c2)cn1. The molecule has 0 unspecified atom stereocenters. The van der Waals surface area contributed by atoms with Crippen LogP contribution in [0.1, 0.15) is 5.69 Å². The van der Waals surface area contributed by atoms with E-state index >= 15 is 0 Å². The molecule has 1 aromatic heterocycles. The fourth-order valence-electron chi connectivity index (χ4n) is 1.27. The number of hydrogen-bond acceptors (Lipinski definition) is 4. The van der Waals surface area contributed by atoms with Crippen molar-refractivity contribution in [2.45, 2.75) is 6.61 Å². The summed E-state index contributed by atoms with van der Waals surface area (Å²) in [6, 6.07) is 7.69. The number of benzene rings is 1. The second-order valence-corrected chi connectivity index (χ2v) is 4.30. The second-order valence-electron chi connectivity index (χ2n) is 3.39. The molecule has 0 aliphatic heterocycles. The summed E-state index contributed by atoms with van der Waals surface area (Å²) in [6.45, 7) is 0.410. The lowest BCUT2D eigenvalue weighted by atomic mass is 10.3. The molecular weight excluding hydrogens is 282 g/mol. The number of aromatic nitrogens is 2. The molecule has 5 heteroatoms. The summed E-state index contributed by atoms with van der Waals surface area (Å²) in [6.07, 6.45) is 3.38. The highest BCUT2D eigenvalue weighted by Crippen LogP contribution is 2.18. The van der Waals surface area contributed by atoms with Gasteiger partial charge in [-0.05, 0) is 18.2 Å². The molecule has 1 N–H and O–H groups in total. The molecule has 0 fully saturated rings. The van der Waals surface area contributed by atoms with E-state index in [4.69, 9.17) is 4.74 Å². The first-order valence-corrected chi connectivity index (χ1v) is 5.94. The Hall–Kier alpha value is -1.62. The Balaban J connectivity index is 1.97. The third kappa shape index (κ3) is 3.42. The zero-order chi connectivity index (χ0) is 12.1. The maximum Gasteiger partial charge on any atom is 0.144 e. The highest BCUT2D eigenvalue weighted by Gasteiger charge is 1.99. The van der Waals surface area contributed by atoms with Crippen LogP contribution in [0.4, 0.5) is 5.82 Å². The molecule has 1 heterocycles. The number of anilines is 1. The quantitative estimate of drug-likeness (QED) is 0.942. The molecular formula is C12H12BrN3O. The highest BCUT2D eigenvalue weighted by molar-refractivity contribution is 9.10. The molecule has 2 aromatic rings. The summed E-state index contributed by atoms with van der Waals surface area (Å²) in [4.78, 5) is 8.39. The van der Waals surface area contributed by atoms with E-state index in [9.17, 15) is 0 Å². The van der Waals surface area contributed by atoms with Crippen LogP contribution < -0.4 is 10.1 Å². The van der Waals surface area contributed by atoms with Crippen LogP contribution in [0, 0.1) is 0 Å². The summed E-state index contributed by atoms with van der Waals surface area (Å²) in [5.41, 5.74) is 0.795. The molecule has 1 aromatic carbocycles. The molecule has 0 saturated heterocycles. The van der Waals surface area contributed by atoms with Crippen molar-refractivity contribution in [2.75, 3.05) is 12.4 Å². The van der Waals surface area contributed by atoms with Gasteiger partial charge in [-0.3, -0.25) is 4.98 Å². The Morgan fingerprint density at radius 1 is 1.29 bits per heavy atom. The smallest absolute Gasteiger partial charge is 0.144 e. The highest BCUT2D eigenvalue weighted by atomic mass is 79.9. The number of hydrogen-bond donors (Lipinski definition) is 1. The first-order valence-electron chi connectivity index (χ1n) is 5.15. The third-order valence-electron chi connectivity index (χ3n) is 2.14. The van der Waals surface area contributed by atoms with Crippen molar-refractivity contribution in [3.05, 3.63) is 46.8 Å². The van der Waals surface area contributed by atoms with Crippen LogP contribution in [-0.2, 0) is 6.61 Å². The van der Waals surface area contributed by atoms with Gasteiger partial charge >= 0.3 is 0 Å². The van der Waals surface area contributed by atoms with Crippen molar-refractivity contribution in [2.24, 2.45) is 0 Å². The van der Waals surface area contributed by atoms with E-state index < -0.39 is 0 Å². The molecule has 0 saturated carbocycles. The van der Waals surface area contributed by atoms with Gasteiger partial charge in [0.05, 0.1) is 18.1 Å². The number of nitrogens with one attached hydrogen (secondary N) is 1. The van der Waals surface area contributed by atoms with E-state index in [1.54, 1.807) is 12.4 Å². The van der Waals surface area contributed by atoms with Crippen molar-refractivity contribution in [3.8, 4) is 5.75 Å². The summed E-state index contributed by atoms with van der Waals surface area (Å²) < 4.78 is 6.59. The van der Waals surface area contributed by atoms with Gasteiger partial charge in [-0.2, -0.15) is 0 Å². The Morgan fingerprint density at radius 3 is 2.82 bits per heavy atom. The van der Waals surface area contributed by atoms with Crippen molar-refractivity contribution >= 4 is 21.7 Å². The second kappa shape index (κ2) is 5.63. The first-order chi connectivity index (χ1) is 8.28. The van der Waals surface area contributed by atoms with Crippen LogP contribution in [0.15, 0.2) is 41.1 Å². The van der Waals surface area contributed by atoms with E-state index in [1.807, 2.05) is 31.3 Å². The van der Waals surface area contributed by atoms with Crippen LogP contribution in [0.25, 0.3) is 0 Å². The Kier molecular flexibility index (Phi) is 3.93. The minimum Gasteiger partial charge on any atom is -0.487 e. The standard InChI is InChI=1S/C12H12BrN3O/c1-14-12-7-15-10(6-16-12)8-17-11-4-2-3-9(13)5-11/h2-7H,8H2,1H3,(H,14,16). The van der Waals surface area contributed by atoms with Gasteiger partial charge in [-0.1, -0.05) is 22.0 Å². The van der Waals surface area contributed by atoms with Crippen LogP contribution in [0.2, 0.25) is 0 Å². The van der Waals surface area contributed by atoms with E-state index in [0.717, 1.165) is 21.7 Å². The molecule has 88 valence electrons. The molecule has 0 radical (unpaired) electrons. The molecule has 2 rings (SSSR count). The van der Waals surface area contributed by atoms with E-state index in [1.165, 1.54) is 0 Å². The minimum atomic E-state index is 0.410. The van der Waals surface area contributed by atoms with Gasteiger partial charge in [-0.15, -0.1) is 0 Å². The Morgan fingerprint density at radius 2 is 2.18 bits per heavy atom. The number of rotatable bonds is 4. The fourth-order valence-corrected chi connectivity index (χ4v) is 1.65. The van der Waals surface area contributed by atoms with E-state index in [0.29, 0.717) is 6.61 Å². The zero-order valence-electron chi connectivity index (χ0n) is 9.35. The normalized spacial score (nSPS) is 10.0. The third-order valence-corrected chi connectivity index (χ3v) is 2.64. The number of ether oxygens (including phenoxy) is 1. The zero-order valence-corrected chi connectivity index (χ0v) is 10.9. The van der Waals surface area contributed by atoms with Gasteiger partial charge in [0.15, 0.2) is 0 Å². The average molecular weight is 294 g/mol. The predicted molar refractivity (Wildman–Crippen MR) is 70.1 cm³/mol. The lowest BCUT2D eigenvalue weighted by molar-refractivity contribution is 0.300. The van der Waals surface area contributed by atoms with Gasteiger partial charge in [0.2, 0.25) is 0 Å². The average Bonchev–Trinajstić information content (AvgIpc) is 2.37. The first kappa shape index (κ1) is 11.9. The number of halogens is 1. The molecule has 0 bridgehead atoms. The molecule has 0 aliphatic carbocycles. The van der Waals surface area contributed by atoms with Gasteiger partial charge < -0.3 is 10.1 Å². The summed E-state index contributed by atoms with van der Waals surface area (Å²) in [7, 11) is 1.81. The summed E-state index contributed by atoms with van der Waals surface area (Å²) in [5, 5.41) is 2.91. The molecule has 0 atom stereocenters. The minimum absolute atomic E-state index is 0.410. The monoisotopic (exact) mass is 293 g/mol. The maximum atomic E-state index is 5.59. The van der Waals surface area contributed by atoms with E-state index in [-0.39, 0.29) is 0 Å². The number of nitrogens with zero attached hydrogens (tertiary/aromatic N) is 2. The van der Waals surface area contributed by atoms with Crippen LogP contribution >= 0.6 is 15.9 Å². The molecule has 4 nitrogen and oxygen atoms in total. The maximum absolute atomic E-state index is 5.59. The molecule has 0 aliphatic rings. The summed E-state index contributed by atoms with van der Waals surface area (Å²) >= 11 is 3.39. The van der Waals surface area contributed by atoms with Crippen molar-refractivity contribution in [1.29, 1.82) is 0 Å². The van der Waals surface area contributed by atoms with Crippen LogP contribution in [-0.4, -0.2) is 17.0 Å². The molecule has 17 heavy (non-hydrogen) atoms. The summed E-state index contributed by atoms with van der Waals surface area (Å²) in [5.74, 6) is 1.55. The lowest BCUT2D eigenvalue weighted by Gasteiger charge is -2.06. The predicted octanol–water partition coefficient (Wildman–Crippen LogP) is 2.86. The van der Waals surface area contributed by atoms with Crippen LogP contribution in [0.3, 0.4) is 0 Å². The Bertz CT molecular complexity index is 487. The largest absolute Gasteiger partial charge is 0.487 e. The van der Waals surface area contributed by atoms with Gasteiger partial charge in [0, 0.05) is 11.5 Å². The Labute approximate surface area is 108 Å². The lowest BCUT2D eigenvalue weighted by Crippen LogP contribution is -2.01. The molecule has 0 spiro atoms.